The fourth-order valence-electron chi connectivity index (χ4n) is 2.33. The number of ether oxygens (including phenoxy) is 1. The predicted octanol–water partition coefficient (Wildman–Crippen LogP) is 1.68. The number of carbonyl (C=O) groups excluding carboxylic acids is 1. The van der Waals surface area contributed by atoms with Crippen molar-refractivity contribution in [3.05, 3.63) is 35.4 Å². The Balaban J connectivity index is 2.11. The minimum Gasteiger partial charge on any atom is -0.371 e. The third kappa shape index (κ3) is 3.55. The average molecular weight is 262 g/mol. The number of hydrogen-bond donors (Lipinski definition) is 2. The highest BCUT2D eigenvalue weighted by molar-refractivity contribution is 5.81. The number of rotatable bonds is 3. The van der Waals surface area contributed by atoms with E-state index in [1.165, 1.54) is 5.56 Å². The summed E-state index contributed by atoms with van der Waals surface area (Å²) in [7, 11) is 0. The molecule has 0 saturated carbocycles. The molecule has 1 heterocycles. The Labute approximate surface area is 114 Å². The summed E-state index contributed by atoms with van der Waals surface area (Å²) in [5, 5.41) is 2.99. The third-order valence-corrected chi connectivity index (χ3v) is 3.47. The van der Waals surface area contributed by atoms with Crippen molar-refractivity contribution >= 4 is 5.91 Å². The molecule has 0 radical (unpaired) electrons. The lowest BCUT2D eigenvalue weighted by Crippen LogP contribution is -2.48. The molecule has 4 nitrogen and oxygen atoms in total. The lowest BCUT2D eigenvalue weighted by Gasteiger charge is -2.33. The number of nitrogens with one attached hydrogen (secondary N) is 1. The Hall–Kier alpha value is -1.39. The van der Waals surface area contributed by atoms with Gasteiger partial charge in [-0.3, -0.25) is 4.79 Å². The lowest BCUT2D eigenvalue weighted by atomic mass is 9.95. The van der Waals surface area contributed by atoms with Gasteiger partial charge in [-0.1, -0.05) is 29.8 Å². The van der Waals surface area contributed by atoms with Crippen LogP contribution in [0.4, 0.5) is 0 Å². The van der Waals surface area contributed by atoms with Gasteiger partial charge < -0.3 is 15.8 Å². The van der Waals surface area contributed by atoms with Crippen molar-refractivity contribution in [3.63, 3.8) is 0 Å². The van der Waals surface area contributed by atoms with E-state index in [0.29, 0.717) is 0 Å². The van der Waals surface area contributed by atoms with Gasteiger partial charge >= 0.3 is 0 Å². The first-order chi connectivity index (χ1) is 9.08. The van der Waals surface area contributed by atoms with Crippen LogP contribution in [0.15, 0.2) is 24.3 Å². The molecule has 0 spiro atoms. The van der Waals surface area contributed by atoms with E-state index in [1.54, 1.807) is 6.92 Å². The normalized spacial score (nSPS) is 24.8. The summed E-state index contributed by atoms with van der Waals surface area (Å²) in [5.74, 6) is -0.118. The van der Waals surface area contributed by atoms with E-state index in [-0.39, 0.29) is 18.1 Å². The Morgan fingerprint density at radius 2 is 2.11 bits per heavy atom. The standard InChI is InChI=1S/C15H22N2O2/c1-10-5-7-12(8-6-10)14-13(4-3-9-19-14)17-15(18)11(2)16/h5-8,11,13-14H,3-4,9,16H2,1-2H3,(H,17,18)/t11-,13?,14?/m0/s1. The van der Waals surface area contributed by atoms with Crippen LogP contribution in [0.1, 0.15) is 37.0 Å². The van der Waals surface area contributed by atoms with Crippen molar-refractivity contribution in [1.29, 1.82) is 0 Å². The topological polar surface area (TPSA) is 64.3 Å². The van der Waals surface area contributed by atoms with Crippen molar-refractivity contribution in [2.24, 2.45) is 5.73 Å². The molecule has 3 atom stereocenters. The monoisotopic (exact) mass is 262 g/mol. The van der Waals surface area contributed by atoms with Gasteiger partial charge in [-0.15, -0.1) is 0 Å². The van der Waals surface area contributed by atoms with E-state index in [0.717, 1.165) is 25.0 Å². The Morgan fingerprint density at radius 1 is 1.42 bits per heavy atom. The highest BCUT2D eigenvalue weighted by Gasteiger charge is 2.29. The smallest absolute Gasteiger partial charge is 0.236 e. The molecule has 1 aromatic carbocycles. The van der Waals surface area contributed by atoms with Gasteiger partial charge in [0.05, 0.1) is 12.1 Å². The van der Waals surface area contributed by atoms with E-state index < -0.39 is 6.04 Å². The zero-order valence-electron chi connectivity index (χ0n) is 11.6. The zero-order chi connectivity index (χ0) is 13.8. The second kappa shape index (κ2) is 6.17. The SMILES string of the molecule is Cc1ccc(C2OCCCC2NC(=O)[C@H](C)N)cc1. The second-order valence-electron chi connectivity index (χ2n) is 5.25. The maximum absolute atomic E-state index is 11.8. The van der Waals surface area contributed by atoms with Gasteiger partial charge in [0.25, 0.3) is 0 Å². The molecule has 0 aliphatic carbocycles. The van der Waals surface area contributed by atoms with Gasteiger partial charge in [0.2, 0.25) is 5.91 Å². The molecule has 19 heavy (non-hydrogen) atoms. The van der Waals surface area contributed by atoms with Gasteiger partial charge in [0, 0.05) is 6.61 Å². The summed E-state index contributed by atoms with van der Waals surface area (Å²) in [6.07, 6.45) is 1.82. The minimum absolute atomic E-state index is 0.00922. The number of carbonyl (C=O) groups is 1. The maximum Gasteiger partial charge on any atom is 0.236 e. The fraction of sp³-hybridized carbons (Fsp3) is 0.533. The molecule has 1 aromatic rings. The largest absolute Gasteiger partial charge is 0.371 e. The quantitative estimate of drug-likeness (QED) is 0.871. The number of nitrogens with two attached hydrogens (primary N) is 1. The minimum atomic E-state index is -0.486. The summed E-state index contributed by atoms with van der Waals surface area (Å²) in [5.41, 5.74) is 7.93. The third-order valence-electron chi connectivity index (χ3n) is 3.47. The van der Waals surface area contributed by atoms with Crippen LogP contribution >= 0.6 is 0 Å². The molecule has 0 aromatic heterocycles. The molecular weight excluding hydrogens is 240 g/mol. The van der Waals surface area contributed by atoms with Crippen molar-refractivity contribution in [2.75, 3.05) is 6.61 Å². The molecular formula is C15H22N2O2. The Kier molecular flexibility index (Phi) is 4.56. The van der Waals surface area contributed by atoms with E-state index in [1.807, 2.05) is 0 Å². The molecule has 2 rings (SSSR count). The van der Waals surface area contributed by atoms with E-state index in [9.17, 15) is 4.79 Å². The van der Waals surface area contributed by atoms with Gasteiger partial charge in [0.1, 0.15) is 6.10 Å². The number of aryl methyl sites for hydroxylation is 1. The number of amides is 1. The Bertz CT molecular complexity index is 428. The van der Waals surface area contributed by atoms with E-state index in [2.05, 4.69) is 36.5 Å². The summed E-state index contributed by atoms with van der Waals surface area (Å²) in [4.78, 5) is 11.8. The van der Waals surface area contributed by atoms with E-state index >= 15 is 0 Å². The summed E-state index contributed by atoms with van der Waals surface area (Å²) in [6, 6.07) is 7.79. The summed E-state index contributed by atoms with van der Waals surface area (Å²) in [6.45, 7) is 4.49. The predicted molar refractivity (Wildman–Crippen MR) is 74.7 cm³/mol. The van der Waals surface area contributed by atoms with Gasteiger partial charge in [0.15, 0.2) is 0 Å². The first kappa shape index (κ1) is 14.0. The molecule has 104 valence electrons. The van der Waals surface area contributed by atoms with Crippen molar-refractivity contribution < 1.29 is 9.53 Å². The van der Waals surface area contributed by atoms with Crippen LogP contribution in [0.3, 0.4) is 0 Å². The molecule has 1 amide bonds. The van der Waals surface area contributed by atoms with Crippen LogP contribution in [0, 0.1) is 6.92 Å². The second-order valence-corrected chi connectivity index (χ2v) is 5.25. The highest BCUT2D eigenvalue weighted by Crippen LogP contribution is 2.28. The zero-order valence-corrected chi connectivity index (χ0v) is 11.6. The fourth-order valence-corrected chi connectivity index (χ4v) is 2.33. The van der Waals surface area contributed by atoms with Crippen LogP contribution in [-0.4, -0.2) is 24.6 Å². The van der Waals surface area contributed by atoms with E-state index in [4.69, 9.17) is 10.5 Å². The summed E-state index contributed by atoms with van der Waals surface area (Å²) < 4.78 is 5.84. The molecule has 4 heteroatoms. The van der Waals surface area contributed by atoms with Crippen LogP contribution in [0.5, 0.6) is 0 Å². The average Bonchev–Trinajstić information content (AvgIpc) is 2.40. The van der Waals surface area contributed by atoms with Crippen LogP contribution in [-0.2, 0) is 9.53 Å². The van der Waals surface area contributed by atoms with Crippen LogP contribution in [0.2, 0.25) is 0 Å². The van der Waals surface area contributed by atoms with Crippen LogP contribution in [0.25, 0.3) is 0 Å². The lowest BCUT2D eigenvalue weighted by molar-refractivity contribution is -0.125. The van der Waals surface area contributed by atoms with Crippen LogP contribution < -0.4 is 11.1 Å². The molecule has 1 fully saturated rings. The number of hydrogen-bond acceptors (Lipinski definition) is 3. The van der Waals surface area contributed by atoms with Crippen molar-refractivity contribution in [3.8, 4) is 0 Å². The summed E-state index contributed by atoms with van der Waals surface area (Å²) >= 11 is 0. The van der Waals surface area contributed by atoms with Crippen molar-refractivity contribution in [1.82, 2.24) is 5.32 Å². The van der Waals surface area contributed by atoms with Gasteiger partial charge in [-0.05, 0) is 32.3 Å². The molecule has 2 unspecified atom stereocenters. The highest BCUT2D eigenvalue weighted by atomic mass is 16.5. The first-order valence-corrected chi connectivity index (χ1v) is 6.82. The van der Waals surface area contributed by atoms with Gasteiger partial charge in [-0.25, -0.2) is 0 Å². The molecule has 1 saturated heterocycles. The molecule has 1 aliphatic heterocycles. The first-order valence-electron chi connectivity index (χ1n) is 6.82. The van der Waals surface area contributed by atoms with Gasteiger partial charge in [-0.2, -0.15) is 0 Å². The Morgan fingerprint density at radius 3 is 2.74 bits per heavy atom. The molecule has 1 aliphatic rings. The van der Waals surface area contributed by atoms with Crippen molar-refractivity contribution in [2.45, 2.75) is 44.9 Å². The number of benzene rings is 1. The molecule has 0 bridgehead atoms. The molecule has 3 N–H and O–H groups in total. The maximum atomic E-state index is 11.8.